The van der Waals surface area contributed by atoms with Gasteiger partial charge in [0.25, 0.3) is 0 Å². The molecule has 0 saturated heterocycles. The van der Waals surface area contributed by atoms with Gasteiger partial charge in [-0.15, -0.1) is 0 Å². The van der Waals surface area contributed by atoms with Crippen LogP contribution in [0.2, 0.25) is 0 Å². The van der Waals surface area contributed by atoms with Crippen molar-refractivity contribution in [1.29, 1.82) is 0 Å². The highest BCUT2D eigenvalue weighted by atomic mass is 16.5. The van der Waals surface area contributed by atoms with E-state index in [1.807, 2.05) is 32.1 Å². The molecule has 1 aromatic heterocycles. The van der Waals surface area contributed by atoms with Gasteiger partial charge in [0.15, 0.2) is 5.78 Å². The molecule has 0 saturated carbocycles. The highest BCUT2D eigenvalue weighted by Crippen LogP contribution is 2.38. The Balaban J connectivity index is 1.67. The van der Waals surface area contributed by atoms with Crippen molar-refractivity contribution in [3.8, 4) is 28.5 Å². The molecule has 2 N–H and O–H groups in total. The van der Waals surface area contributed by atoms with Crippen LogP contribution in [0, 0.1) is 5.92 Å². The van der Waals surface area contributed by atoms with Crippen molar-refractivity contribution in [2.45, 2.75) is 65.9 Å². The largest absolute Gasteiger partial charge is 0.508 e. The van der Waals surface area contributed by atoms with E-state index in [1.54, 1.807) is 24.4 Å². The van der Waals surface area contributed by atoms with Crippen molar-refractivity contribution in [2.24, 2.45) is 5.92 Å². The molecule has 0 spiro atoms. The first kappa shape index (κ1) is 25.5. The van der Waals surface area contributed by atoms with Gasteiger partial charge in [0.2, 0.25) is 5.88 Å². The Hall–Kier alpha value is -3.54. The maximum Gasteiger partial charge on any atom is 0.217 e. The standard InChI is InChI=1S/C30H36N2O4/c1-6-18(4)26-15-20(27-16-31-32-30(27)36-19(5)7-2)9-11-25(26)24(8-3)29(34)22-13-21-14-23(33)10-12-28(21)35-17-22/h8-12,14-16,18-19,22,33H,6-7,13,17H2,1-5H3,(H,31,32)/b24-8+. The predicted molar refractivity (Wildman–Crippen MR) is 143 cm³/mol. The van der Waals surface area contributed by atoms with E-state index in [1.165, 1.54) is 0 Å². The predicted octanol–water partition coefficient (Wildman–Crippen LogP) is 6.70. The van der Waals surface area contributed by atoms with Crippen LogP contribution in [0.15, 0.2) is 48.7 Å². The van der Waals surface area contributed by atoms with Crippen molar-refractivity contribution < 1.29 is 19.4 Å². The van der Waals surface area contributed by atoms with Crippen LogP contribution in [0.1, 0.15) is 70.1 Å². The van der Waals surface area contributed by atoms with Crippen molar-refractivity contribution in [3.05, 3.63) is 65.4 Å². The molecule has 3 aromatic rings. The van der Waals surface area contributed by atoms with E-state index in [2.05, 4.69) is 37.0 Å². The maximum absolute atomic E-state index is 13.8. The summed E-state index contributed by atoms with van der Waals surface area (Å²) in [6, 6.07) is 11.3. The number of carbonyl (C=O) groups is 1. The Kier molecular flexibility index (Phi) is 7.82. The number of ketones is 1. The molecule has 2 aromatic carbocycles. The summed E-state index contributed by atoms with van der Waals surface area (Å²) in [5.41, 5.74) is 5.57. The number of fused-ring (bicyclic) bond motifs is 1. The Labute approximate surface area is 213 Å². The number of H-pyrrole nitrogens is 1. The van der Waals surface area contributed by atoms with Crippen LogP contribution in [-0.4, -0.2) is 33.8 Å². The summed E-state index contributed by atoms with van der Waals surface area (Å²) in [7, 11) is 0. The number of phenolic OH excluding ortho intramolecular Hbond substituents is 1. The molecule has 36 heavy (non-hydrogen) atoms. The van der Waals surface area contributed by atoms with Crippen LogP contribution in [0.25, 0.3) is 16.7 Å². The molecule has 3 atom stereocenters. The summed E-state index contributed by atoms with van der Waals surface area (Å²) >= 11 is 0. The molecule has 1 aliphatic rings. The second-order valence-corrected chi connectivity index (χ2v) is 9.63. The van der Waals surface area contributed by atoms with Crippen molar-refractivity contribution in [1.82, 2.24) is 10.2 Å². The van der Waals surface area contributed by atoms with Crippen molar-refractivity contribution >= 4 is 11.4 Å². The van der Waals surface area contributed by atoms with Gasteiger partial charge in [-0.2, -0.15) is 5.10 Å². The summed E-state index contributed by atoms with van der Waals surface area (Å²) in [6.07, 6.45) is 6.17. The number of hydrogen-bond acceptors (Lipinski definition) is 5. The van der Waals surface area contributed by atoms with E-state index >= 15 is 0 Å². The number of benzene rings is 2. The fraction of sp³-hybridized carbons (Fsp3) is 0.400. The molecule has 0 bridgehead atoms. The molecular formula is C30H36N2O4. The summed E-state index contributed by atoms with van der Waals surface area (Å²) in [4.78, 5) is 13.8. The number of carbonyl (C=O) groups excluding carboxylic acids is 1. The highest BCUT2D eigenvalue weighted by molar-refractivity contribution is 6.22. The molecule has 0 aliphatic carbocycles. The lowest BCUT2D eigenvalue weighted by molar-refractivity contribution is -0.118. The van der Waals surface area contributed by atoms with Gasteiger partial charge < -0.3 is 14.6 Å². The summed E-state index contributed by atoms with van der Waals surface area (Å²) < 4.78 is 11.9. The number of phenols is 1. The minimum Gasteiger partial charge on any atom is -0.508 e. The van der Waals surface area contributed by atoms with E-state index < -0.39 is 0 Å². The molecule has 6 heteroatoms. The number of nitrogens with zero attached hydrogens (tertiary/aromatic N) is 1. The SMILES string of the molecule is C/C=C(/C(=O)C1COc2ccc(O)cc2C1)c1ccc(-c2cn[nH]c2OC(C)CC)cc1C(C)CC. The average Bonchev–Trinajstić information content (AvgIpc) is 3.36. The smallest absolute Gasteiger partial charge is 0.217 e. The quantitative estimate of drug-likeness (QED) is 0.328. The molecule has 3 unspecified atom stereocenters. The number of allylic oxidation sites excluding steroid dienone is 2. The number of hydrogen-bond donors (Lipinski definition) is 2. The minimum absolute atomic E-state index is 0.0629. The van der Waals surface area contributed by atoms with Crippen molar-refractivity contribution in [3.63, 3.8) is 0 Å². The number of nitrogens with one attached hydrogen (secondary N) is 1. The zero-order valence-electron chi connectivity index (χ0n) is 21.8. The number of rotatable bonds is 9. The molecular weight excluding hydrogens is 452 g/mol. The maximum atomic E-state index is 13.8. The van der Waals surface area contributed by atoms with Crippen LogP contribution >= 0.6 is 0 Å². The van der Waals surface area contributed by atoms with E-state index in [9.17, 15) is 9.90 Å². The van der Waals surface area contributed by atoms with E-state index in [-0.39, 0.29) is 29.5 Å². The normalized spacial score (nSPS) is 17.1. The van der Waals surface area contributed by atoms with E-state index in [0.717, 1.165) is 46.4 Å². The Morgan fingerprint density at radius 2 is 2.03 bits per heavy atom. The van der Waals surface area contributed by atoms with Crippen LogP contribution in [0.4, 0.5) is 0 Å². The van der Waals surface area contributed by atoms with Gasteiger partial charge in [-0.25, -0.2) is 5.10 Å². The molecule has 2 heterocycles. The fourth-order valence-electron chi connectivity index (χ4n) is 4.66. The van der Waals surface area contributed by atoms with Gasteiger partial charge in [0, 0.05) is 5.57 Å². The molecule has 1 aliphatic heterocycles. The second-order valence-electron chi connectivity index (χ2n) is 9.63. The number of aromatic nitrogens is 2. The third-order valence-electron chi connectivity index (χ3n) is 7.17. The topological polar surface area (TPSA) is 84.4 Å². The monoisotopic (exact) mass is 488 g/mol. The van der Waals surface area contributed by atoms with Gasteiger partial charge in [-0.1, -0.05) is 45.0 Å². The second kappa shape index (κ2) is 11.0. The highest BCUT2D eigenvalue weighted by Gasteiger charge is 2.30. The van der Waals surface area contributed by atoms with Gasteiger partial charge in [-0.05, 0) is 79.5 Å². The number of Topliss-reactive ketones (excluding diaryl/α,β-unsaturated/α-hetero) is 1. The number of aromatic amines is 1. The minimum atomic E-state index is -0.306. The van der Waals surface area contributed by atoms with Crippen LogP contribution in [0.5, 0.6) is 17.4 Å². The van der Waals surface area contributed by atoms with Crippen LogP contribution in [-0.2, 0) is 11.2 Å². The summed E-state index contributed by atoms with van der Waals surface area (Å²) in [5.74, 6) is 1.60. The molecule has 0 radical (unpaired) electrons. The number of ether oxygens (including phenoxy) is 2. The molecule has 6 nitrogen and oxygen atoms in total. The molecule has 0 amide bonds. The van der Waals surface area contributed by atoms with Crippen LogP contribution < -0.4 is 9.47 Å². The molecule has 0 fully saturated rings. The van der Waals surface area contributed by atoms with Gasteiger partial charge >= 0.3 is 0 Å². The summed E-state index contributed by atoms with van der Waals surface area (Å²) in [5, 5.41) is 17.1. The number of aromatic hydroxyl groups is 1. The van der Waals surface area contributed by atoms with Gasteiger partial charge in [-0.3, -0.25) is 4.79 Å². The lowest BCUT2D eigenvalue weighted by Gasteiger charge is -2.26. The first-order chi connectivity index (χ1) is 17.4. The van der Waals surface area contributed by atoms with Crippen LogP contribution in [0.3, 0.4) is 0 Å². The van der Waals surface area contributed by atoms with E-state index in [4.69, 9.17) is 9.47 Å². The van der Waals surface area contributed by atoms with E-state index in [0.29, 0.717) is 24.5 Å². The molecule has 4 rings (SSSR count). The first-order valence-electron chi connectivity index (χ1n) is 12.9. The Morgan fingerprint density at radius 1 is 1.22 bits per heavy atom. The van der Waals surface area contributed by atoms with Crippen molar-refractivity contribution in [2.75, 3.05) is 6.61 Å². The lowest BCUT2D eigenvalue weighted by Crippen LogP contribution is -2.29. The first-order valence-corrected chi connectivity index (χ1v) is 12.9. The zero-order valence-corrected chi connectivity index (χ0v) is 21.8. The summed E-state index contributed by atoms with van der Waals surface area (Å²) in [6.45, 7) is 10.7. The Morgan fingerprint density at radius 3 is 2.75 bits per heavy atom. The van der Waals surface area contributed by atoms with Gasteiger partial charge in [0.05, 0.1) is 30.4 Å². The third kappa shape index (κ3) is 5.18. The zero-order chi connectivity index (χ0) is 25.8. The average molecular weight is 489 g/mol. The Bertz CT molecular complexity index is 1260. The third-order valence-corrected chi connectivity index (χ3v) is 7.17. The van der Waals surface area contributed by atoms with Gasteiger partial charge in [0.1, 0.15) is 11.5 Å². The molecule has 190 valence electrons. The fourth-order valence-corrected chi connectivity index (χ4v) is 4.66. The lowest BCUT2D eigenvalue weighted by atomic mass is 9.82.